The molecular formula is C58H32N6O3. The van der Waals surface area contributed by atoms with E-state index in [2.05, 4.69) is 100 Å². The summed E-state index contributed by atoms with van der Waals surface area (Å²) in [4.78, 5) is 21.3. The lowest BCUT2D eigenvalue weighted by Gasteiger charge is -2.13. The maximum absolute atomic E-state index is 6.75. The Morgan fingerprint density at radius 3 is 1.46 bits per heavy atom. The van der Waals surface area contributed by atoms with Crippen molar-refractivity contribution in [2.75, 3.05) is 0 Å². The molecule has 0 fully saturated rings. The van der Waals surface area contributed by atoms with Crippen molar-refractivity contribution in [1.82, 2.24) is 29.1 Å². The Morgan fingerprint density at radius 2 is 0.836 bits per heavy atom. The molecule has 0 amide bonds. The molecule has 9 aromatic carbocycles. The molecule has 6 aromatic heterocycles. The SMILES string of the molecule is c1ccc(-c2nc3cccc(-n4c5ccccc5c5ccc6c7ccccc7n(-c7nc(-c8cccc9c8oc8ccccc89)nc(-c8cccc9c8oc8ccccc89)n7)c6c54)c3o2)cc1. The highest BCUT2D eigenvalue weighted by molar-refractivity contribution is 6.24. The Hall–Kier alpha value is -9.34. The molecule has 67 heavy (non-hydrogen) atoms. The van der Waals surface area contributed by atoms with Crippen LogP contribution in [0.1, 0.15) is 0 Å². The third-order valence-electron chi connectivity index (χ3n) is 13.2. The summed E-state index contributed by atoms with van der Waals surface area (Å²) >= 11 is 0. The fourth-order valence-corrected chi connectivity index (χ4v) is 10.3. The van der Waals surface area contributed by atoms with Gasteiger partial charge in [0.1, 0.15) is 27.8 Å². The van der Waals surface area contributed by atoms with Crippen LogP contribution in [0, 0.1) is 0 Å². The van der Waals surface area contributed by atoms with Crippen molar-refractivity contribution >= 4 is 98.6 Å². The van der Waals surface area contributed by atoms with Crippen LogP contribution in [-0.2, 0) is 0 Å². The molecule has 0 N–H and O–H groups in total. The maximum Gasteiger partial charge on any atom is 0.238 e. The fraction of sp³-hybridized carbons (Fsp3) is 0. The molecule has 0 aliphatic heterocycles. The molecule has 0 saturated carbocycles. The van der Waals surface area contributed by atoms with E-state index in [4.69, 9.17) is 33.2 Å². The smallest absolute Gasteiger partial charge is 0.238 e. The van der Waals surface area contributed by atoms with Gasteiger partial charge in [0, 0.05) is 48.7 Å². The average Bonchev–Trinajstić information content (AvgIpc) is 4.22. The van der Waals surface area contributed by atoms with Crippen molar-refractivity contribution in [3.05, 3.63) is 194 Å². The number of rotatable bonds is 5. The van der Waals surface area contributed by atoms with Gasteiger partial charge in [-0.1, -0.05) is 133 Å². The minimum absolute atomic E-state index is 0.445. The summed E-state index contributed by atoms with van der Waals surface area (Å²) in [5.41, 5.74) is 11.6. The van der Waals surface area contributed by atoms with E-state index in [0.29, 0.717) is 40.2 Å². The molecule has 0 unspecified atom stereocenters. The zero-order valence-corrected chi connectivity index (χ0v) is 35.4. The van der Waals surface area contributed by atoms with Gasteiger partial charge in [0.15, 0.2) is 17.2 Å². The standard InChI is InChI=1S/C58H32N6O3/c1-2-15-33(16-3-1)57-59-44-25-14-28-47(54(44)67-57)63-45-26-8-4-17-34(45)38-31-32-39-35-18-5-9-27-46(35)64(51(39)50(38)63)58-61-55(42-23-12-21-40-36-19-6-10-29-48(36)65-52(40)42)60-56(62-58)43-24-13-22-41-37-20-7-11-30-49(37)66-53(41)43/h1-32H. The van der Waals surface area contributed by atoms with Crippen LogP contribution in [-0.4, -0.2) is 29.1 Å². The van der Waals surface area contributed by atoms with Crippen LogP contribution in [0.25, 0.3) is 144 Å². The van der Waals surface area contributed by atoms with E-state index in [1.807, 2.05) is 103 Å². The summed E-state index contributed by atoms with van der Waals surface area (Å²) in [6.45, 7) is 0. The Kier molecular flexibility index (Phi) is 7.31. The number of para-hydroxylation sites is 7. The molecule has 0 bridgehead atoms. The first-order valence-electron chi connectivity index (χ1n) is 22.2. The number of nitrogens with zero attached hydrogens (tertiary/aromatic N) is 6. The van der Waals surface area contributed by atoms with E-state index >= 15 is 0 Å². The minimum atomic E-state index is 0.445. The summed E-state index contributed by atoms with van der Waals surface area (Å²) in [7, 11) is 0. The molecule has 0 saturated heterocycles. The quantitative estimate of drug-likeness (QED) is 0.170. The predicted molar refractivity (Wildman–Crippen MR) is 267 cm³/mol. The normalized spacial score (nSPS) is 12.2. The molecule has 15 aromatic rings. The molecule has 9 nitrogen and oxygen atoms in total. The first-order chi connectivity index (χ1) is 33.2. The monoisotopic (exact) mass is 860 g/mol. The summed E-state index contributed by atoms with van der Waals surface area (Å²) in [6.07, 6.45) is 0. The topological polar surface area (TPSA) is 101 Å². The van der Waals surface area contributed by atoms with E-state index in [0.717, 1.165) is 104 Å². The fourth-order valence-electron chi connectivity index (χ4n) is 10.3. The van der Waals surface area contributed by atoms with Gasteiger partial charge < -0.3 is 17.8 Å². The molecule has 0 radical (unpaired) electrons. The van der Waals surface area contributed by atoms with Crippen LogP contribution < -0.4 is 0 Å². The van der Waals surface area contributed by atoms with Crippen molar-refractivity contribution in [2.45, 2.75) is 0 Å². The number of oxazole rings is 1. The largest absolute Gasteiger partial charge is 0.455 e. The lowest BCUT2D eigenvalue weighted by Crippen LogP contribution is -2.07. The van der Waals surface area contributed by atoms with Gasteiger partial charge in [-0.15, -0.1) is 0 Å². The summed E-state index contributed by atoms with van der Waals surface area (Å²) < 4.78 is 24.5. The number of aromatic nitrogens is 6. The summed E-state index contributed by atoms with van der Waals surface area (Å²) in [5, 5.41) is 8.29. The molecule has 312 valence electrons. The molecule has 0 spiro atoms. The highest BCUT2D eigenvalue weighted by Gasteiger charge is 2.26. The molecular weight excluding hydrogens is 829 g/mol. The van der Waals surface area contributed by atoms with Gasteiger partial charge in [-0.05, 0) is 60.7 Å². The van der Waals surface area contributed by atoms with Crippen molar-refractivity contribution in [3.8, 4) is 45.9 Å². The van der Waals surface area contributed by atoms with Crippen LogP contribution in [0.4, 0.5) is 0 Å². The van der Waals surface area contributed by atoms with E-state index in [1.165, 1.54) is 0 Å². The number of hydrogen-bond acceptors (Lipinski definition) is 7. The molecule has 9 heteroatoms. The highest BCUT2D eigenvalue weighted by atomic mass is 16.4. The van der Waals surface area contributed by atoms with Crippen LogP contribution in [0.5, 0.6) is 0 Å². The second-order valence-corrected chi connectivity index (χ2v) is 16.9. The third kappa shape index (κ3) is 5.13. The van der Waals surface area contributed by atoms with Gasteiger partial charge >= 0.3 is 0 Å². The molecule has 15 rings (SSSR count). The van der Waals surface area contributed by atoms with E-state index < -0.39 is 0 Å². The Bertz CT molecular complexity index is 4400. The Morgan fingerprint density at radius 1 is 0.328 bits per heavy atom. The van der Waals surface area contributed by atoms with Gasteiger partial charge in [-0.2, -0.15) is 9.97 Å². The van der Waals surface area contributed by atoms with E-state index in [-0.39, 0.29) is 0 Å². The highest BCUT2D eigenvalue weighted by Crippen LogP contribution is 2.44. The van der Waals surface area contributed by atoms with Gasteiger partial charge in [-0.25, -0.2) is 9.97 Å². The average molecular weight is 861 g/mol. The maximum atomic E-state index is 6.75. The number of hydrogen-bond donors (Lipinski definition) is 0. The van der Waals surface area contributed by atoms with Gasteiger partial charge in [0.2, 0.25) is 11.8 Å². The number of furan rings is 2. The van der Waals surface area contributed by atoms with Crippen LogP contribution >= 0.6 is 0 Å². The van der Waals surface area contributed by atoms with Gasteiger partial charge in [0.25, 0.3) is 0 Å². The molecule has 0 aliphatic rings. The van der Waals surface area contributed by atoms with Crippen molar-refractivity contribution in [1.29, 1.82) is 0 Å². The van der Waals surface area contributed by atoms with E-state index in [1.54, 1.807) is 0 Å². The first-order valence-corrected chi connectivity index (χ1v) is 22.2. The zero-order chi connectivity index (χ0) is 43.7. The zero-order valence-electron chi connectivity index (χ0n) is 35.4. The summed E-state index contributed by atoms with van der Waals surface area (Å²) in [5.74, 6) is 1.95. The second-order valence-electron chi connectivity index (χ2n) is 16.9. The Balaban J connectivity index is 1.08. The molecule has 0 aliphatic carbocycles. The van der Waals surface area contributed by atoms with Crippen molar-refractivity contribution < 1.29 is 13.3 Å². The first kappa shape index (κ1) is 36.0. The second kappa shape index (κ2) is 13.6. The lowest BCUT2D eigenvalue weighted by molar-refractivity contribution is 0.618. The lowest BCUT2D eigenvalue weighted by atomic mass is 10.1. The van der Waals surface area contributed by atoms with Crippen molar-refractivity contribution in [3.63, 3.8) is 0 Å². The van der Waals surface area contributed by atoms with Crippen LogP contribution in [0.2, 0.25) is 0 Å². The third-order valence-corrected chi connectivity index (χ3v) is 13.2. The van der Waals surface area contributed by atoms with Gasteiger partial charge in [0.05, 0.1) is 38.9 Å². The molecule has 0 atom stereocenters. The Labute approximate surface area is 379 Å². The number of fused-ring (bicyclic) bond motifs is 14. The van der Waals surface area contributed by atoms with Crippen molar-refractivity contribution in [2.24, 2.45) is 0 Å². The summed E-state index contributed by atoms with van der Waals surface area (Å²) in [6, 6.07) is 66.2. The number of benzene rings is 9. The van der Waals surface area contributed by atoms with E-state index in [9.17, 15) is 0 Å². The predicted octanol–water partition coefficient (Wildman–Crippen LogP) is 15.0. The van der Waals surface area contributed by atoms with Crippen LogP contribution in [0.3, 0.4) is 0 Å². The van der Waals surface area contributed by atoms with Crippen LogP contribution in [0.15, 0.2) is 207 Å². The molecule has 6 heterocycles. The minimum Gasteiger partial charge on any atom is -0.455 e. The van der Waals surface area contributed by atoms with Gasteiger partial charge in [-0.3, -0.25) is 4.57 Å².